The highest BCUT2D eigenvalue weighted by atomic mass is 32.2. The van der Waals surface area contributed by atoms with Gasteiger partial charge in [-0.25, -0.2) is 8.42 Å². The van der Waals surface area contributed by atoms with Crippen LogP contribution in [0.2, 0.25) is 0 Å². The van der Waals surface area contributed by atoms with Gasteiger partial charge < -0.3 is 10.1 Å². The molecule has 0 radical (unpaired) electrons. The van der Waals surface area contributed by atoms with Crippen molar-refractivity contribution in [3.8, 4) is 0 Å². The van der Waals surface area contributed by atoms with E-state index in [0.717, 1.165) is 19.7 Å². The van der Waals surface area contributed by atoms with E-state index in [1.807, 2.05) is 0 Å². The van der Waals surface area contributed by atoms with Gasteiger partial charge in [0, 0.05) is 25.7 Å². The molecule has 112 valence electrons. The summed E-state index contributed by atoms with van der Waals surface area (Å²) in [6.07, 6.45) is 2.74. The molecule has 0 spiro atoms. The van der Waals surface area contributed by atoms with E-state index >= 15 is 0 Å². The first-order valence-electron chi connectivity index (χ1n) is 7.27. The maximum absolute atomic E-state index is 11.7. The molecule has 0 aliphatic carbocycles. The van der Waals surface area contributed by atoms with Gasteiger partial charge in [-0.1, -0.05) is 0 Å². The summed E-state index contributed by atoms with van der Waals surface area (Å²) in [5.41, 5.74) is 0. The fourth-order valence-electron chi connectivity index (χ4n) is 2.72. The van der Waals surface area contributed by atoms with Crippen LogP contribution in [-0.2, 0) is 14.6 Å². The van der Waals surface area contributed by atoms with Crippen molar-refractivity contribution in [3.05, 3.63) is 0 Å². The first-order chi connectivity index (χ1) is 8.99. The van der Waals surface area contributed by atoms with Gasteiger partial charge in [-0.15, -0.1) is 0 Å². The van der Waals surface area contributed by atoms with Gasteiger partial charge >= 0.3 is 0 Å². The van der Waals surface area contributed by atoms with Crippen molar-refractivity contribution in [1.29, 1.82) is 0 Å². The van der Waals surface area contributed by atoms with Crippen LogP contribution >= 0.6 is 0 Å². The van der Waals surface area contributed by atoms with Crippen LogP contribution in [0, 0.1) is 0 Å². The van der Waals surface area contributed by atoms with Crippen LogP contribution in [0.15, 0.2) is 0 Å². The monoisotopic (exact) mass is 290 g/mol. The molecule has 0 saturated carbocycles. The van der Waals surface area contributed by atoms with E-state index in [-0.39, 0.29) is 17.1 Å². The molecule has 0 amide bonds. The minimum absolute atomic E-state index is 0.205. The molecule has 5 nitrogen and oxygen atoms in total. The highest BCUT2D eigenvalue weighted by Gasteiger charge is 2.31. The van der Waals surface area contributed by atoms with Crippen LogP contribution in [0.25, 0.3) is 0 Å². The summed E-state index contributed by atoms with van der Waals surface area (Å²) in [5.74, 6) is 0.212. The molecule has 0 aromatic rings. The Kier molecular flexibility index (Phi) is 5.22. The SMILES string of the molecule is CC(C)S(=O)(=O)CCNCC1CN2CCCC2CO1. The molecule has 2 heterocycles. The Bertz CT molecular complexity index is 383. The number of sulfone groups is 1. The summed E-state index contributed by atoms with van der Waals surface area (Å²) in [5, 5.41) is 2.93. The number of hydrogen-bond acceptors (Lipinski definition) is 5. The van der Waals surface area contributed by atoms with Crippen molar-refractivity contribution in [2.45, 2.75) is 44.1 Å². The Morgan fingerprint density at radius 2 is 2.21 bits per heavy atom. The van der Waals surface area contributed by atoms with Gasteiger partial charge in [0.1, 0.15) is 0 Å². The van der Waals surface area contributed by atoms with Crippen LogP contribution in [0.3, 0.4) is 0 Å². The van der Waals surface area contributed by atoms with Crippen molar-refractivity contribution in [3.63, 3.8) is 0 Å². The van der Waals surface area contributed by atoms with E-state index in [9.17, 15) is 8.42 Å². The topological polar surface area (TPSA) is 58.6 Å². The maximum atomic E-state index is 11.7. The zero-order valence-corrected chi connectivity index (χ0v) is 12.8. The predicted octanol–water partition coefficient (Wildman–Crippen LogP) is 0.262. The molecule has 0 bridgehead atoms. The molecule has 2 aliphatic heterocycles. The lowest BCUT2D eigenvalue weighted by atomic mass is 10.2. The van der Waals surface area contributed by atoms with Crippen molar-refractivity contribution >= 4 is 9.84 Å². The molecule has 0 aromatic heterocycles. The number of rotatable bonds is 6. The molecule has 2 atom stereocenters. The fraction of sp³-hybridized carbons (Fsp3) is 1.00. The van der Waals surface area contributed by atoms with E-state index < -0.39 is 9.84 Å². The van der Waals surface area contributed by atoms with E-state index in [4.69, 9.17) is 4.74 Å². The number of nitrogens with zero attached hydrogens (tertiary/aromatic N) is 1. The number of hydrogen-bond donors (Lipinski definition) is 1. The zero-order valence-electron chi connectivity index (χ0n) is 12.0. The lowest BCUT2D eigenvalue weighted by molar-refractivity contribution is -0.0467. The molecular formula is C13H26N2O3S. The van der Waals surface area contributed by atoms with Crippen LogP contribution < -0.4 is 5.32 Å². The quantitative estimate of drug-likeness (QED) is 0.711. The molecule has 2 fully saturated rings. The Balaban J connectivity index is 1.64. The van der Waals surface area contributed by atoms with Crippen molar-refractivity contribution in [1.82, 2.24) is 10.2 Å². The maximum Gasteiger partial charge on any atom is 0.153 e. The van der Waals surface area contributed by atoms with Gasteiger partial charge in [0.2, 0.25) is 0 Å². The van der Waals surface area contributed by atoms with Crippen molar-refractivity contribution in [2.24, 2.45) is 0 Å². The van der Waals surface area contributed by atoms with Gasteiger partial charge in [0.25, 0.3) is 0 Å². The average Bonchev–Trinajstić information content (AvgIpc) is 2.81. The lowest BCUT2D eigenvalue weighted by Crippen LogP contribution is -2.49. The van der Waals surface area contributed by atoms with Gasteiger partial charge in [-0.3, -0.25) is 4.90 Å². The summed E-state index contributed by atoms with van der Waals surface area (Å²) in [6, 6.07) is 0.623. The zero-order chi connectivity index (χ0) is 13.9. The summed E-state index contributed by atoms with van der Waals surface area (Å²) >= 11 is 0. The Morgan fingerprint density at radius 1 is 1.42 bits per heavy atom. The summed E-state index contributed by atoms with van der Waals surface area (Å²) in [7, 11) is -2.93. The first kappa shape index (κ1) is 15.2. The second-order valence-corrected chi connectivity index (χ2v) is 8.54. The third-order valence-corrected chi connectivity index (χ3v) is 6.32. The highest BCUT2D eigenvalue weighted by Crippen LogP contribution is 2.22. The third kappa shape index (κ3) is 4.15. The number of fused-ring (bicyclic) bond motifs is 1. The lowest BCUT2D eigenvalue weighted by Gasteiger charge is -2.35. The molecule has 2 unspecified atom stereocenters. The number of morpholine rings is 1. The van der Waals surface area contributed by atoms with E-state index in [2.05, 4.69) is 10.2 Å². The standard InChI is InChI=1S/C13H26N2O3S/c1-11(2)19(16,17)7-5-14-8-13-9-15-6-3-4-12(15)10-18-13/h11-14H,3-10H2,1-2H3. The second kappa shape index (κ2) is 6.52. The largest absolute Gasteiger partial charge is 0.374 e. The van der Waals surface area contributed by atoms with Crippen LogP contribution in [0.5, 0.6) is 0 Å². The highest BCUT2D eigenvalue weighted by molar-refractivity contribution is 7.92. The number of ether oxygens (including phenoxy) is 1. The van der Waals surface area contributed by atoms with Crippen molar-refractivity contribution < 1.29 is 13.2 Å². The number of nitrogens with one attached hydrogen (secondary N) is 1. The average molecular weight is 290 g/mol. The molecule has 2 rings (SSSR count). The van der Waals surface area contributed by atoms with Crippen LogP contribution in [-0.4, -0.2) is 69.3 Å². The molecule has 0 aromatic carbocycles. The van der Waals surface area contributed by atoms with E-state index in [1.54, 1.807) is 13.8 Å². The molecule has 2 aliphatic rings. The summed E-state index contributed by atoms with van der Waals surface area (Å²) in [4.78, 5) is 2.50. The van der Waals surface area contributed by atoms with E-state index in [0.29, 0.717) is 12.6 Å². The summed E-state index contributed by atoms with van der Waals surface area (Å²) in [6.45, 7) is 7.72. The minimum Gasteiger partial charge on any atom is -0.374 e. The molecule has 19 heavy (non-hydrogen) atoms. The Labute approximate surface area is 116 Å². The molecule has 6 heteroatoms. The van der Waals surface area contributed by atoms with E-state index in [1.165, 1.54) is 19.4 Å². The summed E-state index contributed by atoms with van der Waals surface area (Å²) < 4.78 is 29.1. The smallest absolute Gasteiger partial charge is 0.153 e. The molecule has 1 N–H and O–H groups in total. The van der Waals surface area contributed by atoms with Gasteiger partial charge in [-0.2, -0.15) is 0 Å². The minimum atomic E-state index is -2.93. The third-order valence-electron chi connectivity index (χ3n) is 4.12. The normalized spacial score (nSPS) is 28.8. The Morgan fingerprint density at radius 3 is 2.95 bits per heavy atom. The van der Waals surface area contributed by atoms with Crippen molar-refractivity contribution in [2.75, 3.05) is 38.5 Å². The van der Waals surface area contributed by atoms with Gasteiger partial charge in [0.05, 0.1) is 23.7 Å². The van der Waals surface area contributed by atoms with Crippen LogP contribution in [0.4, 0.5) is 0 Å². The Hall–Kier alpha value is -0.170. The van der Waals surface area contributed by atoms with Crippen LogP contribution in [0.1, 0.15) is 26.7 Å². The molecule has 2 saturated heterocycles. The predicted molar refractivity (Wildman–Crippen MR) is 76.1 cm³/mol. The fourth-order valence-corrected chi connectivity index (χ4v) is 3.62. The van der Waals surface area contributed by atoms with Gasteiger partial charge in [-0.05, 0) is 33.2 Å². The molecular weight excluding hydrogens is 264 g/mol. The van der Waals surface area contributed by atoms with Gasteiger partial charge in [0.15, 0.2) is 9.84 Å². The first-order valence-corrected chi connectivity index (χ1v) is 8.98. The second-order valence-electron chi connectivity index (χ2n) is 5.87.